The number of anilines is 1. The number of benzene rings is 2. The van der Waals surface area contributed by atoms with Crippen LogP contribution < -0.4 is 14.8 Å². The highest BCUT2D eigenvalue weighted by Crippen LogP contribution is 2.28. The second kappa shape index (κ2) is 8.28. The van der Waals surface area contributed by atoms with E-state index in [0.717, 1.165) is 17.0 Å². The second-order valence-corrected chi connectivity index (χ2v) is 7.57. The molecule has 0 unspecified atom stereocenters. The van der Waals surface area contributed by atoms with Crippen molar-refractivity contribution in [2.45, 2.75) is 0 Å². The number of nitrogens with zero attached hydrogens (tertiary/aromatic N) is 3. The van der Waals surface area contributed by atoms with Crippen molar-refractivity contribution in [3.63, 3.8) is 0 Å². The zero-order valence-electron chi connectivity index (χ0n) is 15.1. The number of nitrogens with one attached hydrogen (secondary N) is 1. The Morgan fingerprint density at radius 1 is 1.21 bits per heavy atom. The minimum atomic E-state index is -0.403. The monoisotopic (exact) mass is 448 g/mol. The Labute approximate surface area is 179 Å². The van der Waals surface area contributed by atoms with Crippen molar-refractivity contribution in [1.82, 2.24) is 14.6 Å². The second-order valence-electron chi connectivity index (χ2n) is 5.89. The molecule has 10 heteroatoms. The van der Waals surface area contributed by atoms with Gasteiger partial charge in [-0.15, -0.1) is 16.4 Å². The quantitative estimate of drug-likeness (QED) is 0.458. The summed E-state index contributed by atoms with van der Waals surface area (Å²) in [5, 5.41) is 9.76. The average Bonchev–Trinajstić information content (AvgIpc) is 3.27. The van der Waals surface area contributed by atoms with Crippen molar-refractivity contribution in [3.8, 4) is 22.8 Å². The van der Waals surface area contributed by atoms with Gasteiger partial charge in [0.05, 0.1) is 17.8 Å². The van der Waals surface area contributed by atoms with Crippen molar-refractivity contribution >= 4 is 51.4 Å². The first-order valence-electron chi connectivity index (χ1n) is 8.40. The Bertz CT molecular complexity index is 1170. The Balaban J connectivity index is 1.45. The molecule has 1 amide bonds. The fourth-order valence-electron chi connectivity index (χ4n) is 2.59. The smallest absolute Gasteiger partial charge is 0.264 e. The molecule has 4 rings (SSSR count). The van der Waals surface area contributed by atoms with Gasteiger partial charge in [0.1, 0.15) is 11.5 Å². The van der Waals surface area contributed by atoms with E-state index in [0.29, 0.717) is 20.8 Å². The third-order valence-corrected chi connectivity index (χ3v) is 5.32. The summed E-state index contributed by atoms with van der Waals surface area (Å²) in [5.41, 5.74) is 1.82. The van der Waals surface area contributed by atoms with E-state index in [1.807, 2.05) is 29.6 Å². The van der Waals surface area contributed by atoms with E-state index in [2.05, 4.69) is 15.4 Å². The maximum absolute atomic E-state index is 12.2. The number of hydrogen-bond donors (Lipinski definition) is 1. The number of rotatable bonds is 6. The number of carbonyl (C=O) groups is 1. The molecule has 2 heterocycles. The molecule has 0 radical (unpaired) electrons. The molecule has 0 saturated heterocycles. The third-order valence-electron chi connectivity index (χ3n) is 3.97. The third kappa shape index (κ3) is 4.29. The topological polar surface area (TPSA) is 77.8 Å². The number of ether oxygens (including phenoxy) is 2. The summed E-state index contributed by atoms with van der Waals surface area (Å²) in [5.74, 6) is 0.932. The van der Waals surface area contributed by atoms with E-state index < -0.39 is 5.91 Å². The highest BCUT2D eigenvalue weighted by molar-refractivity contribution is 7.15. The van der Waals surface area contributed by atoms with Gasteiger partial charge in [0.2, 0.25) is 4.96 Å². The largest absolute Gasteiger partial charge is 0.497 e. The number of methoxy groups -OCH3 is 1. The molecular weight excluding hydrogens is 435 g/mol. The molecule has 0 spiro atoms. The summed E-state index contributed by atoms with van der Waals surface area (Å²) in [6, 6.07) is 12.4. The molecule has 0 fully saturated rings. The molecule has 2 aromatic carbocycles. The van der Waals surface area contributed by atoms with Gasteiger partial charge in [0, 0.05) is 16.0 Å². The average molecular weight is 449 g/mol. The summed E-state index contributed by atoms with van der Waals surface area (Å²) in [7, 11) is 1.62. The number of aromatic nitrogens is 3. The Morgan fingerprint density at radius 3 is 2.72 bits per heavy atom. The van der Waals surface area contributed by atoms with E-state index in [1.54, 1.807) is 29.8 Å². The van der Waals surface area contributed by atoms with Crippen LogP contribution in [0, 0.1) is 0 Å². The van der Waals surface area contributed by atoms with Crippen LogP contribution >= 0.6 is 34.5 Å². The number of carbonyl (C=O) groups excluding carboxylic acids is 1. The standard InChI is InChI=1S/C19H14Cl2N4O3S/c1-27-13-5-2-11(3-6-13)15-10-29-19-23-18(24-25(15)19)22-17(26)9-28-16-7-4-12(20)8-14(16)21/h2-8,10H,9H2,1H3,(H,22,24,26). The van der Waals surface area contributed by atoms with E-state index in [4.69, 9.17) is 32.7 Å². The maximum atomic E-state index is 12.2. The first-order valence-corrected chi connectivity index (χ1v) is 10.0. The molecule has 0 saturated carbocycles. The lowest BCUT2D eigenvalue weighted by Gasteiger charge is -2.07. The van der Waals surface area contributed by atoms with Crippen LogP contribution in [0.2, 0.25) is 10.0 Å². The summed E-state index contributed by atoms with van der Waals surface area (Å²) in [6.45, 7) is -0.237. The zero-order valence-corrected chi connectivity index (χ0v) is 17.4. The molecular formula is C19H14Cl2N4O3S. The number of amides is 1. The van der Waals surface area contributed by atoms with Gasteiger partial charge in [-0.2, -0.15) is 4.98 Å². The minimum Gasteiger partial charge on any atom is -0.497 e. The molecule has 2 aromatic heterocycles. The van der Waals surface area contributed by atoms with Crippen molar-refractivity contribution in [3.05, 3.63) is 57.9 Å². The van der Waals surface area contributed by atoms with Crippen molar-refractivity contribution in [1.29, 1.82) is 0 Å². The highest BCUT2D eigenvalue weighted by atomic mass is 35.5. The number of thiazole rings is 1. The SMILES string of the molecule is COc1ccc(-c2csc3nc(NC(=O)COc4ccc(Cl)cc4Cl)nn23)cc1. The Kier molecular flexibility index (Phi) is 5.57. The van der Waals surface area contributed by atoms with Crippen LogP contribution in [-0.2, 0) is 4.79 Å². The minimum absolute atomic E-state index is 0.197. The number of fused-ring (bicyclic) bond motifs is 1. The van der Waals surface area contributed by atoms with Crippen molar-refractivity contribution in [2.75, 3.05) is 19.0 Å². The van der Waals surface area contributed by atoms with E-state index >= 15 is 0 Å². The molecule has 0 aliphatic carbocycles. The summed E-state index contributed by atoms with van der Waals surface area (Å²) in [4.78, 5) is 17.2. The van der Waals surface area contributed by atoms with Crippen LogP contribution in [-0.4, -0.2) is 34.2 Å². The van der Waals surface area contributed by atoms with Gasteiger partial charge in [0.15, 0.2) is 6.61 Å². The van der Waals surface area contributed by atoms with E-state index in [9.17, 15) is 4.79 Å². The van der Waals surface area contributed by atoms with Gasteiger partial charge < -0.3 is 9.47 Å². The predicted octanol–water partition coefficient (Wildman–Crippen LogP) is 4.79. The van der Waals surface area contributed by atoms with Crippen LogP contribution in [0.15, 0.2) is 47.8 Å². The van der Waals surface area contributed by atoms with Gasteiger partial charge in [0.25, 0.3) is 11.9 Å². The van der Waals surface area contributed by atoms with E-state index in [-0.39, 0.29) is 12.6 Å². The molecule has 0 aliphatic heterocycles. The van der Waals surface area contributed by atoms with Crippen molar-refractivity contribution < 1.29 is 14.3 Å². The van der Waals surface area contributed by atoms with E-state index in [1.165, 1.54) is 11.3 Å². The lowest BCUT2D eigenvalue weighted by molar-refractivity contribution is -0.118. The first-order chi connectivity index (χ1) is 14.0. The fourth-order valence-corrected chi connectivity index (χ4v) is 3.89. The van der Waals surface area contributed by atoms with Gasteiger partial charge in [-0.3, -0.25) is 10.1 Å². The van der Waals surface area contributed by atoms with Crippen LogP contribution in [0.5, 0.6) is 11.5 Å². The maximum Gasteiger partial charge on any atom is 0.264 e. The normalized spacial score (nSPS) is 10.9. The van der Waals surface area contributed by atoms with Crippen LogP contribution in [0.3, 0.4) is 0 Å². The first kappa shape index (κ1) is 19.5. The zero-order chi connectivity index (χ0) is 20.4. The predicted molar refractivity (Wildman–Crippen MR) is 113 cm³/mol. The molecule has 0 atom stereocenters. The fraction of sp³-hybridized carbons (Fsp3) is 0.105. The van der Waals surface area contributed by atoms with Gasteiger partial charge in [-0.1, -0.05) is 23.2 Å². The van der Waals surface area contributed by atoms with Crippen LogP contribution in [0.4, 0.5) is 5.95 Å². The Morgan fingerprint density at radius 2 is 2.00 bits per heavy atom. The van der Waals surface area contributed by atoms with Crippen molar-refractivity contribution in [2.24, 2.45) is 0 Å². The molecule has 0 aliphatic rings. The van der Waals surface area contributed by atoms with Crippen LogP contribution in [0.25, 0.3) is 16.2 Å². The molecule has 29 heavy (non-hydrogen) atoms. The number of halogens is 2. The lowest BCUT2D eigenvalue weighted by atomic mass is 10.2. The molecule has 0 bridgehead atoms. The van der Waals surface area contributed by atoms with Gasteiger partial charge in [-0.25, -0.2) is 4.52 Å². The summed E-state index contributed by atoms with van der Waals surface area (Å²) >= 11 is 13.3. The molecule has 7 nitrogen and oxygen atoms in total. The molecule has 148 valence electrons. The Hall–Kier alpha value is -2.81. The summed E-state index contributed by atoms with van der Waals surface area (Å²) < 4.78 is 12.3. The lowest BCUT2D eigenvalue weighted by Crippen LogP contribution is -2.21. The van der Waals surface area contributed by atoms with Crippen LogP contribution in [0.1, 0.15) is 0 Å². The molecule has 1 N–H and O–H groups in total. The van der Waals surface area contributed by atoms with Gasteiger partial charge in [-0.05, 0) is 42.5 Å². The summed E-state index contributed by atoms with van der Waals surface area (Å²) in [6.07, 6.45) is 0. The highest BCUT2D eigenvalue weighted by Gasteiger charge is 2.14. The van der Waals surface area contributed by atoms with Gasteiger partial charge >= 0.3 is 0 Å². The number of hydrogen-bond acceptors (Lipinski definition) is 6. The molecule has 4 aromatic rings.